The lowest BCUT2D eigenvalue weighted by Gasteiger charge is -2.38. The number of hydrogen-bond acceptors (Lipinski definition) is 11. The predicted molar refractivity (Wildman–Crippen MR) is 163 cm³/mol. The average Bonchev–Trinajstić information content (AvgIpc) is 3.81. The number of aromatic nitrogens is 8. The molecule has 0 radical (unpaired) electrons. The molecule has 8 rings (SSSR count). The van der Waals surface area contributed by atoms with Gasteiger partial charge in [0.1, 0.15) is 21.5 Å². The van der Waals surface area contributed by atoms with Gasteiger partial charge in [-0.3, -0.25) is 14.9 Å². The van der Waals surface area contributed by atoms with Gasteiger partial charge in [-0.15, -0.1) is 16.4 Å². The molecule has 3 aliphatic rings. The van der Waals surface area contributed by atoms with E-state index < -0.39 is 9.84 Å². The van der Waals surface area contributed by atoms with Crippen LogP contribution in [0.5, 0.6) is 0 Å². The van der Waals surface area contributed by atoms with Crippen LogP contribution in [0.25, 0.3) is 27.5 Å². The summed E-state index contributed by atoms with van der Waals surface area (Å²) < 4.78 is 27.7. The van der Waals surface area contributed by atoms with E-state index in [1.165, 1.54) is 15.1 Å². The van der Waals surface area contributed by atoms with Gasteiger partial charge in [-0.2, -0.15) is 9.61 Å². The first-order chi connectivity index (χ1) is 21.2. The maximum absolute atomic E-state index is 13.3. The molecule has 0 aromatic carbocycles. The first kappa shape index (κ1) is 27.3. The Labute approximate surface area is 256 Å². The highest BCUT2D eigenvalue weighted by molar-refractivity contribution is 7.91. The number of carbonyl (C=O) groups excluding carboxylic acids is 1. The molecule has 1 unspecified atom stereocenters. The summed E-state index contributed by atoms with van der Waals surface area (Å²) in [5.41, 5.74) is 10.9. The van der Waals surface area contributed by atoms with Crippen molar-refractivity contribution in [3.8, 4) is 21.8 Å². The summed E-state index contributed by atoms with van der Waals surface area (Å²) in [6.07, 6.45) is 10.6. The number of thiazole rings is 1. The second-order valence-corrected chi connectivity index (χ2v) is 15.0. The van der Waals surface area contributed by atoms with E-state index in [1.54, 1.807) is 30.7 Å². The topological polar surface area (TPSA) is 178 Å². The molecule has 7 heterocycles. The summed E-state index contributed by atoms with van der Waals surface area (Å²) in [7, 11) is -3.75. The Balaban J connectivity index is 1.16. The van der Waals surface area contributed by atoms with Gasteiger partial charge >= 0.3 is 0 Å². The van der Waals surface area contributed by atoms with Crippen molar-refractivity contribution in [2.24, 2.45) is 0 Å². The van der Waals surface area contributed by atoms with Crippen LogP contribution in [0.4, 0.5) is 5.82 Å². The van der Waals surface area contributed by atoms with Gasteiger partial charge in [-0.05, 0) is 57.9 Å². The van der Waals surface area contributed by atoms with Crippen LogP contribution in [0.1, 0.15) is 70.7 Å². The number of aromatic amines is 1. The molecule has 2 fully saturated rings. The van der Waals surface area contributed by atoms with Gasteiger partial charge in [0.15, 0.2) is 15.5 Å². The molecule has 1 amide bonds. The molecule has 13 nitrogen and oxygen atoms in total. The molecule has 0 saturated carbocycles. The molecular weight excluding hydrogens is 601 g/mol. The molecule has 2 bridgehead atoms. The lowest BCUT2D eigenvalue weighted by molar-refractivity contribution is 0.0556. The molecule has 3 atom stereocenters. The fourth-order valence-electron chi connectivity index (χ4n) is 7.14. The van der Waals surface area contributed by atoms with Crippen LogP contribution in [0.3, 0.4) is 0 Å². The maximum atomic E-state index is 13.3. The van der Waals surface area contributed by atoms with E-state index in [0.29, 0.717) is 35.6 Å². The van der Waals surface area contributed by atoms with E-state index in [0.717, 1.165) is 54.6 Å². The Morgan fingerprint density at radius 3 is 2.55 bits per heavy atom. The molecule has 2 aliphatic heterocycles. The van der Waals surface area contributed by atoms with Gasteiger partial charge in [-0.1, -0.05) is 6.07 Å². The predicted octanol–water partition coefficient (Wildman–Crippen LogP) is 3.37. The van der Waals surface area contributed by atoms with E-state index in [2.05, 4.69) is 20.3 Å². The molecule has 5 aromatic rings. The van der Waals surface area contributed by atoms with Crippen molar-refractivity contribution in [3.63, 3.8) is 0 Å². The first-order valence-corrected chi connectivity index (χ1v) is 17.4. The van der Waals surface area contributed by atoms with Crippen molar-refractivity contribution < 1.29 is 13.2 Å². The van der Waals surface area contributed by atoms with Crippen molar-refractivity contribution in [1.82, 2.24) is 44.6 Å². The van der Waals surface area contributed by atoms with Crippen LogP contribution in [-0.2, 0) is 22.7 Å². The summed E-state index contributed by atoms with van der Waals surface area (Å²) >= 11 is 1.70. The zero-order chi connectivity index (χ0) is 30.3. The Morgan fingerprint density at radius 1 is 1.09 bits per heavy atom. The number of pyridine rings is 1. The number of carbonyl (C=O) groups is 1. The molecule has 0 spiro atoms. The number of fused-ring (bicyclic) bond motifs is 4. The normalized spacial score (nSPS) is 21.3. The number of rotatable bonds is 5. The molecule has 5 aromatic heterocycles. The number of piperidine rings is 1. The number of nitrogens with zero attached hydrogens (tertiary/aromatic N) is 8. The molecular formula is C29H30N10O3S2. The number of nitrogens with one attached hydrogen (secondary N) is 1. The second kappa shape index (κ2) is 9.89. The van der Waals surface area contributed by atoms with Crippen molar-refractivity contribution in [3.05, 3.63) is 52.4 Å². The smallest absolute Gasteiger partial charge is 0.294 e. The number of sulfone groups is 1. The van der Waals surface area contributed by atoms with Gasteiger partial charge in [0.2, 0.25) is 5.82 Å². The summed E-state index contributed by atoms with van der Waals surface area (Å²) in [5.74, 6) is 0.346. The van der Waals surface area contributed by atoms with Gasteiger partial charge in [0, 0.05) is 46.5 Å². The Hall–Kier alpha value is -4.24. The Morgan fingerprint density at radius 2 is 1.89 bits per heavy atom. The fraction of sp³-hybridized carbons (Fsp3) is 0.414. The number of nitrogens with two attached hydrogens (primary N) is 1. The van der Waals surface area contributed by atoms with Crippen molar-refractivity contribution >= 4 is 38.5 Å². The van der Waals surface area contributed by atoms with E-state index in [1.807, 2.05) is 17.0 Å². The van der Waals surface area contributed by atoms with E-state index in [-0.39, 0.29) is 40.4 Å². The number of nitrogen functional groups attached to an aromatic ring is 1. The second-order valence-electron chi connectivity index (χ2n) is 12.0. The highest BCUT2D eigenvalue weighted by Gasteiger charge is 2.46. The summed E-state index contributed by atoms with van der Waals surface area (Å²) in [5, 5.41) is 12.2. The SMILES string of the molecule is Cc1nc(C(=O)N2[C@@H]3CC[C@H]2CC(c2nc4c(-c5ccc(-c6nc7c(s6)CCC7)nc5)cnn4c(N)c2S(C)(=O)=O)C3)n[nH]1. The largest absolute Gasteiger partial charge is 0.382 e. The molecule has 44 heavy (non-hydrogen) atoms. The van der Waals surface area contributed by atoms with Crippen LogP contribution in [0.15, 0.2) is 29.4 Å². The van der Waals surface area contributed by atoms with Crippen molar-refractivity contribution in [1.29, 1.82) is 0 Å². The summed E-state index contributed by atoms with van der Waals surface area (Å²) in [4.78, 5) is 35.2. The Kier molecular flexibility index (Phi) is 6.14. The third-order valence-corrected chi connectivity index (χ3v) is 11.4. The van der Waals surface area contributed by atoms with Crippen LogP contribution in [0.2, 0.25) is 0 Å². The lowest BCUT2D eigenvalue weighted by atomic mass is 9.87. The number of H-pyrrole nitrogens is 1. The summed E-state index contributed by atoms with van der Waals surface area (Å²) in [6.45, 7) is 1.75. The molecule has 226 valence electrons. The van der Waals surface area contributed by atoms with Gasteiger partial charge in [0.05, 0.1) is 23.3 Å². The molecule has 15 heteroatoms. The maximum Gasteiger partial charge on any atom is 0.294 e. The average molecular weight is 631 g/mol. The minimum Gasteiger partial charge on any atom is -0.382 e. The van der Waals surface area contributed by atoms with Gasteiger partial charge < -0.3 is 10.6 Å². The van der Waals surface area contributed by atoms with Gasteiger partial charge in [0.25, 0.3) is 5.91 Å². The van der Waals surface area contributed by atoms with E-state index in [9.17, 15) is 13.2 Å². The van der Waals surface area contributed by atoms with E-state index >= 15 is 0 Å². The first-order valence-electron chi connectivity index (χ1n) is 14.7. The van der Waals surface area contributed by atoms with Gasteiger partial charge in [-0.25, -0.2) is 23.4 Å². The molecule has 1 aliphatic carbocycles. The Bertz CT molecular complexity index is 2030. The van der Waals surface area contributed by atoms with Crippen LogP contribution < -0.4 is 5.73 Å². The summed E-state index contributed by atoms with van der Waals surface area (Å²) in [6, 6.07) is 3.75. The highest BCUT2D eigenvalue weighted by atomic mass is 32.2. The minimum atomic E-state index is -3.75. The molecule has 2 saturated heterocycles. The zero-order valence-electron chi connectivity index (χ0n) is 24.2. The van der Waals surface area contributed by atoms with Crippen molar-refractivity contribution in [2.45, 2.75) is 74.8 Å². The van der Waals surface area contributed by atoms with Crippen LogP contribution in [0, 0.1) is 6.92 Å². The molecule has 3 N–H and O–H groups in total. The number of hydrogen-bond donors (Lipinski definition) is 2. The van der Waals surface area contributed by atoms with Crippen LogP contribution >= 0.6 is 11.3 Å². The monoisotopic (exact) mass is 630 g/mol. The standard InChI is InChI=1S/C29H30N10O3S2/c1-14-33-26(37-36-14)29(40)38-17-7-8-18(38)11-16(10-17)23-24(44(2,41)42)25(30)39-27(35-23)19(13-32-39)15-6-9-21(31-12-15)28-34-20-4-3-5-22(20)43-28/h6,9,12-13,16-18H,3-5,7-8,10-11,30H2,1-2H3,(H,33,36,37)/t16?,17-,18+. The van der Waals surface area contributed by atoms with E-state index in [4.69, 9.17) is 20.7 Å². The minimum absolute atomic E-state index is 0.00119. The number of aryl methyl sites for hydroxylation is 3. The fourth-order valence-corrected chi connectivity index (χ4v) is 9.33. The number of anilines is 1. The number of amides is 1. The highest BCUT2D eigenvalue weighted by Crippen LogP contribution is 2.46. The van der Waals surface area contributed by atoms with Crippen LogP contribution in [-0.4, -0.2) is 77.3 Å². The zero-order valence-corrected chi connectivity index (χ0v) is 25.8. The van der Waals surface area contributed by atoms with Crippen molar-refractivity contribution in [2.75, 3.05) is 12.0 Å². The lowest BCUT2D eigenvalue weighted by Crippen LogP contribution is -2.46. The quantitative estimate of drug-likeness (QED) is 0.293. The third kappa shape index (κ3) is 4.31. The third-order valence-electron chi connectivity index (χ3n) is 9.07.